The molecule has 6 aromatic heterocycles. The molecule has 0 radical (unpaired) electrons. The van der Waals surface area contributed by atoms with Crippen LogP contribution in [0.15, 0.2) is 79.4 Å². The second-order valence-corrected chi connectivity index (χ2v) is 20.7. The predicted octanol–water partition coefficient (Wildman–Crippen LogP) is 9.54. The number of nitrogens with zero attached hydrogens (tertiary/aromatic N) is 14. The predicted molar refractivity (Wildman–Crippen MR) is 293 cm³/mol. The third kappa shape index (κ3) is 10.8. The van der Waals surface area contributed by atoms with Gasteiger partial charge in [0.2, 0.25) is 23.7 Å². The van der Waals surface area contributed by atoms with Gasteiger partial charge in [-0.2, -0.15) is 20.2 Å². The van der Waals surface area contributed by atoms with Crippen LogP contribution in [0.4, 0.5) is 27.9 Å². The second kappa shape index (κ2) is 21.7. The number of halogens is 1. The second-order valence-electron chi connectivity index (χ2n) is 20.7. The Bertz CT molecular complexity index is 3330. The number of pyridine rings is 2. The van der Waals surface area contributed by atoms with E-state index in [4.69, 9.17) is 35.1 Å². The van der Waals surface area contributed by atoms with Crippen LogP contribution < -0.4 is 20.4 Å². The lowest BCUT2D eigenvalue weighted by molar-refractivity contribution is -0.129. The van der Waals surface area contributed by atoms with E-state index >= 15 is 0 Å². The lowest BCUT2D eigenvalue weighted by Gasteiger charge is -2.34. The Kier molecular flexibility index (Phi) is 14.8. The molecule has 0 spiro atoms. The third-order valence-corrected chi connectivity index (χ3v) is 15.4. The fourth-order valence-electron chi connectivity index (χ4n) is 10.3. The van der Waals surface area contributed by atoms with E-state index in [2.05, 4.69) is 89.0 Å². The van der Waals surface area contributed by atoms with Gasteiger partial charge in [0.25, 0.3) is 0 Å². The number of benzene rings is 2. The Hall–Kier alpha value is -7.57. The van der Waals surface area contributed by atoms with Crippen LogP contribution in [0.1, 0.15) is 116 Å². The highest BCUT2D eigenvalue weighted by Crippen LogP contribution is 2.44. The molecule has 8 aromatic rings. The van der Waals surface area contributed by atoms with Gasteiger partial charge in [-0.1, -0.05) is 45.9 Å². The molecule has 3 atom stereocenters. The largest absolute Gasteiger partial charge is 0.362 e. The highest BCUT2D eigenvalue weighted by atomic mass is 19.1. The lowest BCUT2D eigenvalue weighted by Crippen LogP contribution is -2.48. The Morgan fingerprint density at radius 3 is 1.72 bits per heavy atom. The molecule has 3 aliphatic rings. The molecule has 0 bridgehead atoms. The molecule has 2 unspecified atom stereocenters. The molecule has 3 fully saturated rings. The molecule has 2 aromatic carbocycles. The van der Waals surface area contributed by atoms with Gasteiger partial charge in [0.05, 0.1) is 47.6 Å². The summed E-state index contributed by atoms with van der Waals surface area (Å²) >= 11 is 0. The highest BCUT2D eigenvalue weighted by molar-refractivity contribution is 5.89. The van der Waals surface area contributed by atoms with Crippen LogP contribution in [0.25, 0.3) is 43.9 Å². The van der Waals surface area contributed by atoms with E-state index in [0.717, 1.165) is 68.1 Å². The van der Waals surface area contributed by atoms with Crippen LogP contribution in [0.3, 0.4) is 0 Å². The Labute approximate surface area is 437 Å². The van der Waals surface area contributed by atoms with Gasteiger partial charge in [-0.3, -0.25) is 28.9 Å². The van der Waals surface area contributed by atoms with Gasteiger partial charge in [-0.15, -0.1) is 0 Å². The maximum atomic E-state index is 13.8. The van der Waals surface area contributed by atoms with Gasteiger partial charge < -0.3 is 30.2 Å². The number of hydrogen-bond acceptors (Lipinski definition) is 14. The summed E-state index contributed by atoms with van der Waals surface area (Å²) in [6.45, 7) is 21.6. The number of piperazine rings is 2. The standard InChI is InChI=1S/C29H36N8O.C27H33FN8O/c1-18(2)19(3)37-27-25(17-31-37)32-29(36-13-11-35(12-14-36)20(4)38)34-28(27)33-26(21-9-10-21)23-15-22-7-5-6-8-24(22)30-16-23;1-5-22(6-2)36-25-24(16-30-36)32-27(35-11-9-34(10-12-35)18(4)37)33-26(25)31-17(3)20-13-19-14-21(28)7-8-23(19)29-15-20/h5-8,15-19,21,26H,9-14H2,1-4H3,(H,32,33,34);7-8,13-17,22H,5-6,9-12H2,1-4H3,(H,31,32,33)/t;17-/m.1/s1. The summed E-state index contributed by atoms with van der Waals surface area (Å²) in [5, 5.41) is 18.8. The van der Waals surface area contributed by atoms with E-state index in [-0.39, 0.29) is 41.8 Å². The van der Waals surface area contributed by atoms with Crippen molar-refractivity contribution in [1.82, 2.24) is 59.3 Å². The summed E-state index contributed by atoms with van der Waals surface area (Å²) in [5.74, 6) is 3.68. The molecule has 2 aliphatic heterocycles. The molecular formula is C56H69FN16O2. The first-order chi connectivity index (χ1) is 36.3. The average Bonchev–Trinajstić information content (AvgIpc) is 4.05. The number of anilines is 4. The molecule has 1 saturated carbocycles. The molecule has 392 valence electrons. The smallest absolute Gasteiger partial charge is 0.228 e. The zero-order valence-corrected chi connectivity index (χ0v) is 44.4. The first kappa shape index (κ1) is 50.9. The van der Waals surface area contributed by atoms with Crippen LogP contribution in [0, 0.1) is 17.7 Å². The number of aromatic nitrogens is 10. The van der Waals surface area contributed by atoms with E-state index < -0.39 is 0 Å². The number of carbonyl (C=O) groups excluding carboxylic acids is 2. The van der Waals surface area contributed by atoms with Crippen LogP contribution in [-0.4, -0.2) is 123 Å². The number of fused-ring (bicyclic) bond motifs is 4. The van der Waals surface area contributed by atoms with Gasteiger partial charge in [-0.25, -0.2) is 14.4 Å². The molecule has 2 N–H and O–H groups in total. The van der Waals surface area contributed by atoms with E-state index in [0.29, 0.717) is 81.9 Å². The van der Waals surface area contributed by atoms with Gasteiger partial charge in [0, 0.05) is 89.4 Å². The van der Waals surface area contributed by atoms with E-state index in [1.165, 1.54) is 30.5 Å². The van der Waals surface area contributed by atoms with E-state index in [1.807, 2.05) is 52.1 Å². The molecule has 1 aliphatic carbocycles. The van der Waals surface area contributed by atoms with Gasteiger partial charge in [-0.05, 0) is 98.9 Å². The summed E-state index contributed by atoms with van der Waals surface area (Å²) < 4.78 is 17.9. The number of hydrogen-bond donors (Lipinski definition) is 2. The summed E-state index contributed by atoms with van der Waals surface area (Å²) in [6.07, 6.45) is 11.7. The number of nitrogens with one attached hydrogen (secondary N) is 2. The Morgan fingerprint density at radius 1 is 0.613 bits per heavy atom. The van der Waals surface area contributed by atoms with Gasteiger partial charge >= 0.3 is 0 Å². The molecule has 18 nitrogen and oxygen atoms in total. The molecule has 2 saturated heterocycles. The fraction of sp³-hybridized carbons (Fsp3) is 0.464. The summed E-state index contributed by atoms with van der Waals surface area (Å²) in [6, 6.07) is 17.5. The van der Waals surface area contributed by atoms with Crippen molar-refractivity contribution in [2.45, 2.75) is 105 Å². The minimum Gasteiger partial charge on any atom is -0.362 e. The summed E-state index contributed by atoms with van der Waals surface area (Å²) in [7, 11) is 0. The van der Waals surface area contributed by atoms with Crippen molar-refractivity contribution in [1.29, 1.82) is 0 Å². The topological polar surface area (TPSA) is 184 Å². The molecule has 8 heterocycles. The van der Waals surface area contributed by atoms with Crippen molar-refractivity contribution in [3.05, 3.63) is 96.3 Å². The molecular weight excluding hydrogens is 948 g/mol. The fourth-order valence-corrected chi connectivity index (χ4v) is 10.3. The summed E-state index contributed by atoms with van der Waals surface area (Å²) in [5.41, 5.74) is 7.28. The van der Waals surface area contributed by atoms with Crippen molar-refractivity contribution >= 4 is 79.2 Å². The maximum absolute atomic E-state index is 13.8. The first-order valence-corrected chi connectivity index (χ1v) is 26.7. The quantitative estimate of drug-likeness (QED) is 0.105. The van der Waals surface area contributed by atoms with Crippen molar-refractivity contribution < 1.29 is 14.0 Å². The van der Waals surface area contributed by atoms with E-state index in [1.54, 1.807) is 26.1 Å². The third-order valence-electron chi connectivity index (χ3n) is 15.4. The minimum absolute atomic E-state index is 0.0857. The zero-order valence-electron chi connectivity index (χ0n) is 44.4. The number of rotatable bonds is 14. The first-order valence-electron chi connectivity index (χ1n) is 26.7. The number of amides is 2. The monoisotopic (exact) mass is 1020 g/mol. The van der Waals surface area contributed by atoms with Crippen LogP contribution in [0.5, 0.6) is 0 Å². The maximum Gasteiger partial charge on any atom is 0.228 e. The highest BCUT2D eigenvalue weighted by Gasteiger charge is 2.35. The zero-order chi connectivity index (χ0) is 52.5. The van der Waals surface area contributed by atoms with Crippen molar-refractivity contribution in [2.75, 3.05) is 72.8 Å². The number of para-hydroxylation sites is 1. The minimum atomic E-state index is -0.284. The lowest BCUT2D eigenvalue weighted by atomic mass is 10.0. The molecule has 11 rings (SSSR count). The van der Waals surface area contributed by atoms with E-state index in [9.17, 15) is 14.0 Å². The normalized spacial score (nSPS) is 16.5. The molecule has 19 heteroatoms. The Morgan fingerprint density at radius 2 is 1.15 bits per heavy atom. The van der Waals surface area contributed by atoms with Crippen LogP contribution >= 0.6 is 0 Å². The van der Waals surface area contributed by atoms with Gasteiger partial charge in [0.1, 0.15) is 27.9 Å². The Balaban J connectivity index is 0.000000171. The number of carbonyl (C=O) groups is 2. The van der Waals surface area contributed by atoms with Crippen molar-refractivity contribution in [2.24, 2.45) is 11.8 Å². The van der Waals surface area contributed by atoms with Crippen LogP contribution in [-0.2, 0) is 9.59 Å². The van der Waals surface area contributed by atoms with Gasteiger partial charge in [0.15, 0.2) is 11.6 Å². The SMILES string of the molecule is CC(=O)N1CCN(c2nc(NC(c3cnc4ccccc4c3)C3CC3)c3c(cnn3C(C)C(C)C)n2)CC1.CCC(CC)n1ncc2nc(N3CCN(C(C)=O)CC3)nc(N[C@H](C)c3cnc4ccc(F)cc4c3)c21. The van der Waals surface area contributed by atoms with Crippen molar-refractivity contribution in [3.8, 4) is 0 Å². The van der Waals surface area contributed by atoms with Crippen molar-refractivity contribution in [3.63, 3.8) is 0 Å². The average molecular weight is 1020 g/mol. The molecule has 75 heavy (non-hydrogen) atoms. The summed E-state index contributed by atoms with van der Waals surface area (Å²) in [4.78, 5) is 60.8. The molecule has 2 amide bonds. The van der Waals surface area contributed by atoms with Crippen LogP contribution in [0.2, 0.25) is 0 Å².